The van der Waals surface area contributed by atoms with E-state index in [0.717, 1.165) is 34.7 Å². The van der Waals surface area contributed by atoms with Gasteiger partial charge in [0.1, 0.15) is 23.3 Å². The van der Waals surface area contributed by atoms with E-state index in [2.05, 4.69) is 10.4 Å². The first-order valence-corrected chi connectivity index (χ1v) is 8.22. The largest absolute Gasteiger partial charge is 0.494 e. The number of ether oxygens (including phenoxy) is 2. The van der Waals surface area contributed by atoms with E-state index in [-0.39, 0.29) is 12.0 Å². The summed E-state index contributed by atoms with van der Waals surface area (Å²) in [5.41, 5.74) is 3.42. The van der Waals surface area contributed by atoms with Gasteiger partial charge in [0.2, 0.25) is 0 Å². The molecule has 1 atom stereocenters. The Morgan fingerprint density at radius 2 is 2.25 bits per heavy atom. The van der Waals surface area contributed by atoms with E-state index in [1.54, 1.807) is 10.7 Å². The Balaban J connectivity index is 1.76. The summed E-state index contributed by atoms with van der Waals surface area (Å²) in [5, 5.41) is 7.10. The fraction of sp³-hybridized carbons (Fsp3) is 0.444. The maximum absolute atomic E-state index is 12.3. The van der Waals surface area contributed by atoms with Crippen molar-refractivity contribution in [1.29, 1.82) is 0 Å². The summed E-state index contributed by atoms with van der Waals surface area (Å²) in [7, 11) is 1.82. The smallest absolute Gasteiger partial charge is 0.272 e. The van der Waals surface area contributed by atoms with E-state index < -0.39 is 0 Å². The van der Waals surface area contributed by atoms with Crippen molar-refractivity contribution in [3.8, 4) is 11.5 Å². The van der Waals surface area contributed by atoms with Crippen LogP contribution in [-0.2, 0) is 20.0 Å². The number of aryl methyl sites for hydroxylation is 2. The highest BCUT2D eigenvalue weighted by atomic mass is 16.5. The first-order chi connectivity index (χ1) is 11.5. The second-order valence-corrected chi connectivity index (χ2v) is 6.11. The standard InChI is InChI=1S/C18H23N3O3/c1-5-23-16-8-13-7-12(3)24-17(13)9-14(16)10-19-18(22)15-6-11(2)21(4)20-15/h6,8-9,12H,5,7,10H2,1-4H3,(H,19,22). The molecule has 0 radical (unpaired) electrons. The summed E-state index contributed by atoms with van der Waals surface area (Å²) < 4.78 is 13.2. The number of hydrogen-bond donors (Lipinski definition) is 1. The topological polar surface area (TPSA) is 65.4 Å². The molecule has 1 aliphatic heterocycles. The Morgan fingerprint density at radius 1 is 1.46 bits per heavy atom. The zero-order chi connectivity index (χ0) is 17.3. The van der Waals surface area contributed by atoms with Crippen molar-refractivity contribution in [2.24, 2.45) is 7.05 Å². The van der Waals surface area contributed by atoms with Gasteiger partial charge in [-0.25, -0.2) is 0 Å². The number of nitrogens with zero attached hydrogens (tertiary/aromatic N) is 2. The highest BCUT2D eigenvalue weighted by molar-refractivity contribution is 5.92. The Labute approximate surface area is 141 Å². The Kier molecular flexibility index (Phi) is 4.46. The van der Waals surface area contributed by atoms with E-state index in [1.165, 1.54) is 0 Å². The molecule has 0 spiro atoms. The molecule has 1 aromatic carbocycles. The van der Waals surface area contributed by atoms with E-state index in [4.69, 9.17) is 9.47 Å². The predicted octanol–water partition coefficient (Wildman–Crippen LogP) is 2.38. The molecule has 3 rings (SSSR count). The average molecular weight is 329 g/mol. The van der Waals surface area contributed by atoms with E-state index in [0.29, 0.717) is 18.8 Å². The number of amides is 1. The lowest BCUT2D eigenvalue weighted by Crippen LogP contribution is -2.23. The molecule has 2 aromatic rings. The van der Waals surface area contributed by atoms with E-state index >= 15 is 0 Å². The van der Waals surface area contributed by atoms with Crippen LogP contribution in [0.1, 0.15) is 41.2 Å². The van der Waals surface area contributed by atoms with Crippen LogP contribution in [0.15, 0.2) is 18.2 Å². The first kappa shape index (κ1) is 16.4. The molecule has 6 nitrogen and oxygen atoms in total. The summed E-state index contributed by atoms with van der Waals surface area (Å²) >= 11 is 0. The molecule has 1 aliphatic rings. The molecule has 1 N–H and O–H groups in total. The third-order valence-electron chi connectivity index (χ3n) is 4.16. The normalized spacial score (nSPS) is 15.8. The summed E-state index contributed by atoms with van der Waals surface area (Å²) in [6.07, 6.45) is 1.06. The number of rotatable bonds is 5. The third kappa shape index (κ3) is 3.22. The van der Waals surface area contributed by atoms with Gasteiger partial charge in [0.15, 0.2) is 0 Å². The molecule has 0 saturated heterocycles. The van der Waals surface area contributed by atoms with Crippen LogP contribution < -0.4 is 14.8 Å². The van der Waals surface area contributed by atoms with Gasteiger partial charge < -0.3 is 14.8 Å². The fourth-order valence-electron chi connectivity index (χ4n) is 2.85. The minimum atomic E-state index is -0.198. The third-order valence-corrected chi connectivity index (χ3v) is 4.16. The number of aromatic nitrogens is 2. The molecule has 0 bridgehead atoms. The molecule has 2 heterocycles. The minimum Gasteiger partial charge on any atom is -0.494 e. The zero-order valence-electron chi connectivity index (χ0n) is 14.5. The number of carbonyl (C=O) groups is 1. The highest BCUT2D eigenvalue weighted by Gasteiger charge is 2.22. The van der Waals surface area contributed by atoms with Crippen molar-refractivity contribution < 1.29 is 14.3 Å². The van der Waals surface area contributed by atoms with Crippen molar-refractivity contribution >= 4 is 5.91 Å². The number of carbonyl (C=O) groups excluding carboxylic acids is 1. The predicted molar refractivity (Wildman–Crippen MR) is 90.5 cm³/mol. The van der Waals surface area contributed by atoms with Gasteiger partial charge in [-0.15, -0.1) is 0 Å². The summed E-state index contributed by atoms with van der Waals surface area (Å²) in [6.45, 7) is 6.86. The first-order valence-electron chi connectivity index (χ1n) is 8.22. The lowest BCUT2D eigenvalue weighted by Gasteiger charge is -2.13. The summed E-state index contributed by atoms with van der Waals surface area (Å²) in [4.78, 5) is 12.3. The number of benzene rings is 1. The van der Waals surface area contributed by atoms with Crippen molar-refractivity contribution in [2.75, 3.05) is 6.61 Å². The van der Waals surface area contributed by atoms with E-state index in [1.807, 2.05) is 40.0 Å². The molecule has 128 valence electrons. The van der Waals surface area contributed by atoms with Crippen LogP contribution in [0, 0.1) is 6.92 Å². The number of fused-ring (bicyclic) bond motifs is 1. The van der Waals surface area contributed by atoms with Crippen LogP contribution in [0.5, 0.6) is 11.5 Å². The monoisotopic (exact) mass is 329 g/mol. The van der Waals surface area contributed by atoms with Gasteiger partial charge in [0, 0.05) is 36.8 Å². The highest BCUT2D eigenvalue weighted by Crippen LogP contribution is 2.35. The second-order valence-electron chi connectivity index (χ2n) is 6.11. The number of hydrogen-bond acceptors (Lipinski definition) is 4. The SMILES string of the molecule is CCOc1cc2c(cc1CNC(=O)c1cc(C)n(C)n1)OC(C)C2. The van der Waals surface area contributed by atoms with Crippen molar-refractivity contribution in [3.63, 3.8) is 0 Å². The van der Waals surface area contributed by atoms with E-state index in [9.17, 15) is 4.79 Å². The lowest BCUT2D eigenvalue weighted by molar-refractivity contribution is 0.0945. The quantitative estimate of drug-likeness (QED) is 0.915. The van der Waals surface area contributed by atoms with Crippen molar-refractivity contribution in [2.45, 2.75) is 39.8 Å². The summed E-state index contributed by atoms with van der Waals surface area (Å²) in [5.74, 6) is 1.48. The van der Waals surface area contributed by atoms with Crippen LogP contribution in [0.3, 0.4) is 0 Å². The number of nitrogens with one attached hydrogen (secondary N) is 1. The van der Waals surface area contributed by atoms with Gasteiger partial charge in [0.25, 0.3) is 5.91 Å². The second kappa shape index (κ2) is 6.55. The molecule has 1 unspecified atom stereocenters. The van der Waals surface area contributed by atoms with Gasteiger partial charge >= 0.3 is 0 Å². The van der Waals surface area contributed by atoms with Gasteiger partial charge in [-0.3, -0.25) is 9.48 Å². The van der Waals surface area contributed by atoms with Gasteiger partial charge in [-0.2, -0.15) is 5.10 Å². The lowest BCUT2D eigenvalue weighted by atomic mass is 10.1. The van der Waals surface area contributed by atoms with Gasteiger partial charge in [-0.1, -0.05) is 0 Å². The van der Waals surface area contributed by atoms with Crippen LogP contribution >= 0.6 is 0 Å². The fourth-order valence-corrected chi connectivity index (χ4v) is 2.85. The van der Waals surface area contributed by atoms with Crippen molar-refractivity contribution in [3.05, 3.63) is 40.7 Å². The van der Waals surface area contributed by atoms with Crippen LogP contribution in [0.4, 0.5) is 0 Å². The van der Waals surface area contributed by atoms with Crippen LogP contribution in [0.25, 0.3) is 0 Å². The van der Waals surface area contributed by atoms with Crippen LogP contribution in [-0.4, -0.2) is 28.4 Å². The molecule has 6 heteroatoms. The Morgan fingerprint density at radius 3 is 2.92 bits per heavy atom. The molecular formula is C18H23N3O3. The van der Waals surface area contributed by atoms with Crippen LogP contribution in [0.2, 0.25) is 0 Å². The molecule has 0 aliphatic carbocycles. The maximum Gasteiger partial charge on any atom is 0.272 e. The van der Waals surface area contributed by atoms with Crippen molar-refractivity contribution in [1.82, 2.24) is 15.1 Å². The maximum atomic E-state index is 12.3. The average Bonchev–Trinajstić information content (AvgIpc) is 3.06. The molecule has 0 fully saturated rings. The van der Waals surface area contributed by atoms with Gasteiger partial charge in [0.05, 0.1) is 6.61 Å². The van der Waals surface area contributed by atoms with Gasteiger partial charge in [-0.05, 0) is 39.0 Å². The Bertz CT molecular complexity index is 748. The molecule has 1 amide bonds. The summed E-state index contributed by atoms with van der Waals surface area (Å²) in [6, 6.07) is 5.76. The Hall–Kier alpha value is -2.50. The molecule has 24 heavy (non-hydrogen) atoms. The molecule has 0 saturated carbocycles. The molecular weight excluding hydrogens is 306 g/mol. The minimum absolute atomic E-state index is 0.177. The zero-order valence-corrected chi connectivity index (χ0v) is 14.5. The molecule has 1 aromatic heterocycles.